The summed E-state index contributed by atoms with van der Waals surface area (Å²) in [6.07, 6.45) is 0. The third-order valence-corrected chi connectivity index (χ3v) is 4.99. The summed E-state index contributed by atoms with van der Waals surface area (Å²) in [5.41, 5.74) is -0.438. The maximum Gasteiger partial charge on any atom is 0.237 e. The summed E-state index contributed by atoms with van der Waals surface area (Å²) in [5.74, 6) is -1.64. The number of amides is 1. The zero-order valence-electron chi connectivity index (χ0n) is 13.5. The summed E-state index contributed by atoms with van der Waals surface area (Å²) in [4.78, 5) is 12.1. The third kappa shape index (κ3) is 5.13. The molecule has 2 aromatic rings. The van der Waals surface area contributed by atoms with Gasteiger partial charge in [-0.05, 0) is 25.0 Å². The molecule has 9 heteroatoms. The van der Waals surface area contributed by atoms with Crippen LogP contribution in [0, 0.1) is 17.6 Å². The number of hydrogen-bond acceptors (Lipinski definition) is 6. The van der Waals surface area contributed by atoms with Crippen LogP contribution in [0.3, 0.4) is 0 Å². The van der Waals surface area contributed by atoms with Crippen molar-refractivity contribution in [3.8, 4) is 0 Å². The minimum absolute atomic E-state index is 0.438. The number of para-hydroxylation sites is 1. The van der Waals surface area contributed by atoms with Crippen molar-refractivity contribution in [3.63, 3.8) is 0 Å². The molecule has 1 heterocycles. The molecule has 2 rings (SSSR count). The zero-order valence-corrected chi connectivity index (χ0v) is 15.1. The standard InChI is InChI=1S/C15H18F2N4OS2/c1-8(2)7-18-14-20-21-15(24-14)23-9(3)13(22)19-12-10(16)5-4-6-11(12)17/h4-6,8-9H,7H2,1-3H3,(H,18,20)(H,19,22). The molecule has 1 amide bonds. The molecule has 0 aliphatic heterocycles. The number of aromatic nitrogens is 2. The highest BCUT2D eigenvalue weighted by Gasteiger charge is 2.20. The van der Waals surface area contributed by atoms with Crippen molar-refractivity contribution in [1.29, 1.82) is 0 Å². The van der Waals surface area contributed by atoms with Crippen molar-refractivity contribution in [1.82, 2.24) is 10.2 Å². The molecule has 5 nitrogen and oxygen atoms in total. The van der Waals surface area contributed by atoms with Gasteiger partial charge in [0, 0.05) is 6.54 Å². The number of benzene rings is 1. The summed E-state index contributed by atoms with van der Waals surface area (Å²) in [5, 5.41) is 13.5. The van der Waals surface area contributed by atoms with Crippen LogP contribution < -0.4 is 10.6 Å². The normalized spacial score (nSPS) is 12.2. The summed E-state index contributed by atoms with van der Waals surface area (Å²) in [6, 6.07) is 3.42. The molecule has 1 aromatic carbocycles. The Balaban J connectivity index is 1.94. The van der Waals surface area contributed by atoms with Gasteiger partial charge in [-0.1, -0.05) is 43.0 Å². The monoisotopic (exact) mass is 372 g/mol. The maximum absolute atomic E-state index is 13.6. The lowest BCUT2D eigenvalue weighted by Gasteiger charge is -2.11. The van der Waals surface area contributed by atoms with Gasteiger partial charge in [-0.25, -0.2) is 8.78 Å². The van der Waals surface area contributed by atoms with Gasteiger partial charge in [-0.15, -0.1) is 10.2 Å². The second-order valence-electron chi connectivity index (χ2n) is 5.49. The van der Waals surface area contributed by atoms with Gasteiger partial charge >= 0.3 is 0 Å². The lowest BCUT2D eigenvalue weighted by atomic mass is 10.2. The molecule has 1 unspecified atom stereocenters. The van der Waals surface area contributed by atoms with E-state index in [9.17, 15) is 13.6 Å². The van der Waals surface area contributed by atoms with Crippen molar-refractivity contribution < 1.29 is 13.6 Å². The second-order valence-corrected chi connectivity index (χ2v) is 8.06. The number of thioether (sulfide) groups is 1. The van der Waals surface area contributed by atoms with Crippen LogP contribution in [0.2, 0.25) is 0 Å². The third-order valence-electron chi connectivity index (χ3n) is 2.93. The molecule has 0 saturated carbocycles. The Morgan fingerprint density at radius 1 is 1.25 bits per heavy atom. The fraction of sp³-hybridized carbons (Fsp3) is 0.400. The number of hydrogen-bond donors (Lipinski definition) is 2. The molecule has 24 heavy (non-hydrogen) atoms. The number of anilines is 2. The molecule has 0 saturated heterocycles. The Labute approximate surface area is 147 Å². The first kappa shape index (κ1) is 18.6. The Hall–Kier alpha value is -1.74. The van der Waals surface area contributed by atoms with Crippen molar-refractivity contribution in [2.75, 3.05) is 17.2 Å². The van der Waals surface area contributed by atoms with Gasteiger partial charge < -0.3 is 10.6 Å². The van der Waals surface area contributed by atoms with Crippen LogP contribution >= 0.6 is 23.1 Å². The lowest BCUT2D eigenvalue weighted by Crippen LogP contribution is -2.23. The van der Waals surface area contributed by atoms with Crippen LogP contribution in [0.4, 0.5) is 19.6 Å². The summed E-state index contributed by atoms with van der Waals surface area (Å²) in [6.45, 7) is 6.58. The largest absolute Gasteiger partial charge is 0.360 e. The van der Waals surface area contributed by atoms with Crippen LogP contribution in [0.15, 0.2) is 22.5 Å². The van der Waals surface area contributed by atoms with Gasteiger partial charge in [0.1, 0.15) is 17.3 Å². The van der Waals surface area contributed by atoms with E-state index in [1.807, 2.05) is 0 Å². The lowest BCUT2D eigenvalue weighted by molar-refractivity contribution is -0.115. The Bertz CT molecular complexity index is 688. The number of nitrogens with zero attached hydrogens (tertiary/aromatic N) is 2. The van der Waals surface area contributed by atoms with Gasteiger partial charge in [-0.3, -0.25) is 4.79 Å². The predicted molar refractivity (Wildman–Crippen MR) is 93.5 cm³/mol. The Kier molecular flexibility index (Phi) is 6.50. The van der Waals surface area contributed by atoms with Crippen LogP contribution in [-0.4, -0.2) is 27.9 Å². The smallest absolute Gasteiger partial charge is 0.237 e. The first-order valence-corrected chi connectivity index (χ1v) is 9.05. The molecular weight excluding hydrogens is 354 g/mol. The fourth-order valence-corrected chi connectivity index (χ4v) is 3.57. The molecule has 2 N–H and O–H groups in total. The number of halogens is 2. The molecule has 0 spiro atoms. The van der Waals surface area contributed by atoms with E-state index in [-0.39, 0.29) is 0 Å². The van der Waals surface area contributed by atoms with Gasteiger partial charge in [0.05, 0.1) is 5.25 Å². The SMILES string of the molecule is CC(C)CNc1nnc(SC(C)C(=O)Nc2c(F)cccc2F)s1. The molecule has 0 aliphatic rings. The highest BCUT2D eigenvalue weighted by molar-refractivity contribution is 8.02. The van der Waals surface area contributed by atoms with E-state index in [4.69, 9.17) is 0 Å². The first-order valence-electron chi connectivity index (χ1n) is 7.35. The van der Waals surface area contributed by atoms with Crippen LogP contribution in [0.1, 0.15) is 20.8 Å². The van der Waals surface area contributed by atoms with E-state index in [0.29, 0.717) is 15.4 Å². The highest BCUT2D eigenvalue weighted by Crippen LogP contribution is 2.30. The van der Waals surface area contributed by atoms with Gasteiger partial charge in [0.25, 0.3) is 0 Å². The first-order chi connectivity index (χ1) is 11.4. The zero-order chi connectivity index (χ0) is 17.7. The van der Waals surface area contributed by atoms with Gasteiger partial charge in [0.2, 0.25) is 11.0 Å². The number of nitrogens with one attached hydrogen (secondary N) is 2. The quantitative estimate of drug-likeness (QED) is 0.719. The van der Waals surface area contributed by atoms with E-state index >= 15 is 0 Å². The summed E-state index contributed by atoms with van der Waals surface area (Å²) in [7, 11) is 0. The van der Waals surface area contributed by atoms with E-state index in [1.165, 1.54) is 29.2 Å². The minimum atomic E-state index is -0.809. The van der Waals surface area contributed by atoms with Crippen LogP contribution in [0.25, 0.3) is 0 Å². The molecule has 130 valence electrons. The van der Waals surface area contributed by atoms with Crippen LogP contribution in [-0.2, 0) is 4.79 Å². The average Bonchev–Trinajstić information content (AvgIpc) is 2.96. The Morgan fingerprint density at radius 2 is 1.92 bits per heavy atom. The number of carbonyl (C=O) groups is 1. The second kappa shape index (κ2) is 8.39. The highest BCUT2D eigenvalue weighted by atomic mass is 32.2. The molecule has 0 radical (unpaired) electrons. The molecule has 1 aromatic heterocycles. The molecule has 1 atom stereocenters. The van der Waals surface area contributed by atoms with Crippen molar-refractivity contribution >= 4 is 39.8 Å². The maximum atomic E-state index is 13.6. The van der Waals surface area contributed by atoms with Crippen LogP contribution in [0.5, 0.6) is 0 Å². The fourth-order valence-electron chi connectivity index (χ4n) is 1.67. The number of rotatable bonds is 7. The summed E-state index contributed by atoms with van der Waals surface area (Å²) >= 11 is 2.52. The topological polar surface area (TPSA) is 66.9 Å². The summed E-state index contributed by atoms with van der Waals surface area (Å²) < 4.78 is 27.7. The van der Waals surface area contributed by atoms with Gasteiger partial charge in [-0.2, -0.15) is 0 Å². The van der Waals surface area contributed by atoms with Crippen molar-refractivity contribution in [3.05, 3.63) is 29.8 Å². The molecular formula is C15H18F2N4OS2. The molecule has 0 fully saturated rings. The van der Waals surface area contributed by atoms with Crippen molar-refractivity contribution in [2.24, 2.45) is 5.92 Å². The number of carbonyl (C=O) groups excluding carboxylic acids is 1. The van der Waals surface area contributed by atoms with E-state index in [1.54, 1.807) is 6.92 Å². The van der Waals surface area contributed by atoms with E-state index in [2.05, 4.69) is 34.7 Å². The van der Waals surface area contributed by atoms with Crippen molar-refractivity contribution in [2.45, 2.75) is 30.4 Å². The predicted octanol–water partition coefficient (Wildman–Crippen LogP) is 4.00. The minimum Gasteiger partial charge on any atom is -0.360 e. The van der Waals surface area contributed by atoms with E-state index < -0.39 is 28.5 Å². The Morgan fingerprint density at radius 3 is 2.54 bits per heavy atom. The molecule has 0 aliphatic carbocycles. The molecule has 0 bridgehead atoms. The van der Waals surface area contributed by atoms with Gasteiger partial charge in [0.15, 0.2) is 4.34 Å². The van der Waals surface area contributed by atoms with E-state index in [0.717, 1.165) is 18.7 Å². The average molecular weight is 372 g/mol.